The van der Waals surface area contributed by atoms with Crippen LogP contribution in [0, 0.1) is 10.1 Å². The first kappa shape index (κ1) is 18.7. The molecular formula is C16H25N3O4S. The number of nitro groups is 1. The fraction of sp³-hybridized carbons (Fsp3) is 0.625. The second-order valence-corrected chi connectivity index (χ2v) is 8.48. The number of nitrogens with zero attached hydrogens (tertiary/aromatic N) is 3. The third-order valence-corrected chi connectivity index (χ3v) is 5.82. The van der Waals surface area contributed by atoms with Gasteiger partial charge in [0.1, 0.15) is 10.6 Å². The summed E-state index contributed by atoms with van der Waals surface area (Å²) in [6.45, 7) is 1.72. The van der Waals surface area contributed by atoms with Crippen LogP contribution in [0.25, 0.3) is 0 Å². The van der Waals surface area contributed by atoms with Gasteiger partial charge in [0.2, 0.25) is 0 Å². The Labute approximate surface area is 143 Å². The van der Waals surface area contributed by atoms with Crippen LogP contribution in [-0.2, 0) is 9.84 Å². The van der Waals surface area contributed by atoms with Crippen molar-refractivity contribution in [3.63, 3.8) is 0 Å². The van der Waals surface area contributed by atoms with Gasteiger partial charge in [-0.15, -0.1) is 0 Å². The van der Waals surface area contributed by atoms with Crippen molar-refractivity contribution >= 4 is 21.2 Å². The summed E-state index contributed by atoms with van der Waals surface area (Å²) in [5.41, 5.74) is 0.0147. The molecule has 1 fully saturated rings. The van der Waals surface area contributed by atoms with Gasteiger partial charge >= 0.3 is 5.69 Å². The molecule has 0 aliphatic carbocycles. The van der Waals surface area contributed by atoms with E-state index in [2.05, 4.69) is 11.9 Å². The van der Waals surface area contributed by atoms with Gasteiger partial charge in [-0.2, -0.15) is 0 Å². The zero-order valence-electron chi connectivity index (χ0n) is 14.4. The molecule has 0 bridgehead atoms. The van der Waals surface area contributed by atoms with Crippen molar-refractivity contribution in [3.8, 4) is 0 Å². The topological polar surface area (TPSA) is 83.8 Å². The van der Waals surface area contributed by atoms with Crippen LogP contribution in [0.2, 0.25) is 0 Å². The van der Waals surface area contributed by atoms with E-state index in [1.807, 2.05) is 0 Å². The Morgan fingerprint density at radius 3 is 2.67 bits per heavy atom. The third-order valence-electron chi connectivity index (χ3n) is 4.69. The van der Waals surface area contributed by atoms with E-state index in [0.29, 0.717) is 18.3 Å². The molecule has 1 saturated heterocycles. The third kappa shape index (κ3) is 4.24. The Hall–Kier alpha value is -1.67. The lowest BCUT2D eigenvalue weighted by atomic mass is 10.00. The lowest BCUT2D eigenvalue weighted by Crippen LogP contribution is -2.38. The number of nitro benzene ring substituents is 1. The molecule has 0 amide bonds. The average molecular weight is 355 g/mol. The Bertz CT molecular complexity index is 705. The molecule has 1 aliphatic heterocycles. The monoisotopic (exact) mass is 355 g/mol. The summed E-state index contributed by atoms with van der Waals surface area (Å²) in [6, 6.07) is 4.93. The molecule has 0 aromatic heterocycles. The van der Waals surface area contributed by atoms with Crippen LogP contribution in [0.3, 0.4) is 0 Å². The van der Waals surface area contributed by atoms with Gasteiger partial charge in [0.25, 0.3) is 0 Å². The van der Waals surface area contributed by atoms with Crippen LogP contribution >= 0.6 is 0 Å². The summed E-state index contributed by atoms with van der Waals surface area (Å²) >= 11 is 0. The highest BCUT2D eigenvalue weighted by atomic mass is 32.2. The highest BCUT2D eigenvalue weighted by Gasteiger charge is 2.28. The SMILES string of the molecule is CN(CCC1CCCCN1C)c1cccc(S(C)(=O)=O)c1[N+](=O)[O-]. The molecule has 1 atom stereocenters. The molecule has 1 aromatic rings. The van der Waals surface area contributed by atoms with Crippen molar-refractivity contribution in [2.24, 2.45) is 0 Å². The van der Waals surface area contributed by atoms with E-state index in [4.69, 9.17) is 0 Å². The van der Waals surface area contributed by atoms with Gasteiger partial charge in [-0.05, 0) is 45.0 Å². The number of sulfone groups is 1. The van der Waals surface area contributed by atoms with Crippen LogP contribution in [0.1, 0.15) is 25.7 Å². The van der Waals surface area contributed by atoms with Crippen molar-refractivity contribution in [1.82, 2.24) is 4.90 Å². The summed E-state index contributed by atoms with van der Waals surface area (Å²) in [4.78, 5) is 14.7. The van der Waals surface area contributed by atoms with E-state index in [0.717, 1.165) is 25.6 Å². The molecule has 2 rings (SSSR count). The summed E-state index contributed by atoms with van der Waals surface area (Å²) in [5.74, 6) is 0. The maximum Gasteiger partial charge on any atom is 0.311 e. The Balaban J connectivity index is 2.22. The van der Waals surface area contributed by atoms with Crippen molar-refractivity contribution in [2.45, 2.75) is 36.6 Å². The minimum Gasteiger partial charge on any atom is -0.369 e. The number of rotatable bonds is 6. The van der Waals surface area contributed by atoms with E-state index in [1.54, 1.807) is 24.1 Å². The lowest BCUT2D eigenvalue weighted by Gasteiger charge is -2.33. The smallest absolute Gasteiger partial charge is 0.311 e. The molecule has 1 unspecified atom stereocenters. The van der Waals surface area contributed by atoms with Crippen LogP contribution in [-0.4, -0.2) is 57.7 Å². The van der Waals surface area contributed by atoms with Gasteiger partial charge in [0.15, 0.2) is 9.84 Å². The maximum absolute atomic E-state index is 11.9. The van der Waals surface area contributed by atoms with Crippen LogP contribution in [0.15, 0.2) is 23.1 Å². The quantitative estimate of drug-likeness (QED) is 0.575. The van der Waals surface area contributed by atoms with Crippen molar-refractivity contribution < 1.29 is 13.3 Å². The standard InChI is InChI=1S/C16H25N3O4S/c1-17-11-5-4-7-13(17)10-12-18(2)14-8-6-9-15(24(3,22)23)16(14)19(20)21/h6,8-9,13H,4-5,7,10-12H2,1-3H3. The second-order valence-electron chi connectivity index (χ2n) is 6.49. The Morgan fingerprint density at radius 2 is 2.08 bits per heavy atom. The molecule has 0 spiro atoms. The number of hydrogen-bond donors (Lipinski definition) is 0. The molecule has 7 nitrogen and oxygen atoms in total. The van der Waals surface area contributed by atoms with Crippen LogP contribution < -0.4 is 4.90 Å². The fourth-order valence-corrected chi connectivity index (χ4v) is 4.13. The first-order valence-electron chi connectivity index (χ1n) is 8.10. The highest BCUT2D eigenvalue weighted by molar-refractivity contribution is 7.90. The van der Waals surface area contributed by atoms with Crippen LogP contribution in [0.5, 0.6) is 0 Å². The molecule has 8 heteroatoms. The van der Waals surface area contributed by atoms with E-state index < -0.39 is 14.8 Å². The van der Waals surface area contributed by atoms with Crippen molar-refractivity contribution in [1.29, 1.82) is 0 Å². The van der Waals surface area contributed by atoms with Crippen molar-refractivity contribution in [3.05, 3.63) is 28.3 Å². The Morgan fingerprint density at radius 1 is 1.38 bits per heavy atom. The van der Waals surface area contributed by atoms with Gasteiger partial charge in [0.05, 0.1) is 4.92 Å². The van der Waals surface area contributed by atoms with Gasteiger partial charge in [0, 0.05) is 25.9 Å². The number of likely N-dealkylation sites (tertiary alicyclic amines) is 1. The van der Waals surface area contributed by atoms with Gasteiger partial charge in [-0.1, -0.05) is 12.5 Å². The number of hydrogen-bond acceptors (Lipinski definition) is 6. The summed E-state index contributed by atoms with van der Waals surface area (Å²) in [6.07, 6.45) is 5.45. The van der Waals surface area contributed by atoms with E-state index >= 15 is 0 Å². The van der Waals surface area contributed by atoms with Crippen molar-refractivity contribution in [2.75, 3.05) is 38.3 Å². The molecule has 0 saturated carbocycles. The predicted molar refractivity (Wildman–Crippen MR) is 94.4 cm³/mol. The minimum absolute atomic E-state index is 0.230. The van der Waals surface area contributed by atoms with Gasteiger partial charge in [-0.25, -0.2) is 8.42 Å². The molecule has 0 radical (unpaired) electrons. The fourth-order valence-electron chi connectivity index (χ4n) is 3.27. The first-order valence-corrected chi connectivity index (χ1v) is 10.00. The van der Waals surface area contributed by atoms with E-state index in [9.17, 15) is 18.5 Å². The Kier molecular flexibility index (Phi) is 5.82. The number of piperidine rings is 1. The normalized spacial score (nSPS) is 19.2. The van der Waals surface area contributed by atoms with E-state index in [-0.39, 0.29) is 10.6 Å². The maximum atomic E-state index is 11.9. The summed E-state index contributed by atoms with van der Waals surface area (Å²) in [7, 11) is 0.227. The molecule has 1 aromatic carbocycles. The second kappa shape index (κ2) is 7.48. The minimum atomic E-state index is -3.66. The molecule has 0 N–H and O–H groups in total. The molecular weight excluding hydrogens is 330 g/mol. The highest BCUT2D eigenvalue weighted by Crippen LogP contribution is 2.34. The van der Waals surface area contributed by atoms with Crippen LogP contribution in [0.4, 0.5) is 11.4 Å². The van der Waals surface area contributed by atoms with Gasteiger partial charge in [-0.3, -0.25) is 10.1 Å². The number of anilines is 1. The molecule has 1 aliphatic rings. The number of para-hydroxylation sites is 1. The molecule has 1 heterocycles. The number of benzene rings is 1. The summed E-state index contributed by atoms with van der Waals surface area (Å²) < 4.78 is 23.7. The largest absolute Gasteiger partial charge is 0.369 e. The van der Waals surface area contributed by atoms with E-state index in [1.165, 1.54) is 18.9 Å². The zero-order chi connectivity index (χ0) is 17.9. The zero-order valence-corrected chi connectivity index (χ0v) is 15.3. The molecule has 24 heavy (non-hydrogen) atoms. The average Bonchev–Trinajstić information content (AvgIpc) is 2.52. The predicted octanol–water partition coefficient (Wildman–Crippen LogP) is 2.31. The summed E-state index contributed by atoms with van der Waals surface area (Å²) in [5, 5.41) is 11.5. The molecule has 134 valence electrons. The first-order chi connectivity index (χ1) is 11.2. The lowest BCUT2D eigenvalue weighted by molar-refractivity contribution is -0.387. The van der Waals surface area contributed by atoms with Gasteiger partial charge < -0.3 is 9.80 Å².